The minimum atomic E-state index is 0.245. The van der Waals surface area contributed by atoms with Crippen LogP contribution in [0.25, 0.3) is 0 Å². The van der Waals surface area contributed by atoms with Crippen LogP contribution >= 0.6 is 0 Å². The number of hydrogen-bond acceptors (Lipinski definition) is 1. The molecule has 0 saturated heterocycles. The van der Waals surface area contributed by atoms with Gasteiger partial charge < -0.3 is 5.32 Å². The molecule has 1 nitrogen and oxygen atoms in total. The molecule has 0 aromatic heterocycles. The topological polar surface area (TPSA) is 12.0 Å². The normalized spacial score (nSPS) is 30.0. The highest BCUT2D eigenvalue weighted by molar-refractivity contribution is 5.03. The molecule has 1 rings (SSSR count). The highest BCUT2D eigenvalue weighted by Crippen LogP contribution is 2.51. The third-order valence-electron chi connectivity index (χ3n) is 3.94. The minimum absolute atomic E-state index is 0.245. The van der Waals surface area contributed by atoms with Crippen LogP contribution in [0.3, 0.4) is 0 Å². The first-order valence-corrected chi connectivity index (χ1v) is 6.69. The third-order valence-corrected chi connectivity index (χ3v) is 3.94. The Balaban J connectivity index is 2.54. The molecule has 0 aromatic rings. The summed E-state index contributed by atoms with van der Waals surface area (Å²) in [7, 11) is 0. The number of rotatable bonds is 2. The summed E-state index contributed by atoms with van der Waals surface area (Å²) >= 11 is 0. The molecule has 0 amide bonds. The first-order chi connectivity index (χ1) is 6.92. The highest BCUT2D eigenvalue weighted by Gasteiger charge is 2.49. The van der Waals surface area contributed by atoms with Crippen molar-refractivity contribution < 1.29 is 0 Å². The molecule has 1 aliphatic carbocycles. The molecule has 1 aliphatic rings. The van der Waals surface area contributed by atoms with Gasteiger partial charge >= 0.3 is 0 Å². The Bertz CT molecular complexity index is 215. The lowest BCUT2D eigenvalue weighted by Crippen LogP contribution is -2.61. The van der Waals surface area contributed by atoms with E-state index in [0.29, 0.717) is 16.9 Å². The third kappa shape index (κ3) is 3.48. The van der Waals surface area contributed by atoms with E-state index in [1.165, 1.54) is 12.8 Å². The van der Waals surface area contributed by atoms with Crippen molar-refractivity contribution in [3.05, 3.63) is 0 Å². The molecule has 0 heterocycles. The van der Waals surface area contributed by atoms with E-state index in [0.717, 1.165) is 5.92 Å². The van der Waals surface area contributed by atoms with Crippen LogP contribution < -0.4 is 5.32 Å². The standard InChI is InChI=1S/C15H31N/c1-13(2,3)10-11-9-12(15(11,7)8)16-14(4,5)6/h11-12,16H,9-10H2,1-8H3. The molecule has 1 fully saturated rings. The summed E-state index contributed by atoms with van der Waals surface area (Å²) in [5.74, 6) is 0.882. The first-order valence-electron chi connectivity index (χ1n) is 6.69. The molecular weight excluding hydrogens is 194 g/mol. The fraction of sp³-hybridized carbons (Fsp3) is 1.00. The van der Waals surface area contributed by atoms with Crippen molar-refractivity contribution >= 4 is 0 Å². The van der Waals surface area contributed by atoms with E-state index in [4.69, 9.17) is 0 Å². The number of hydrogen-bond donors (Lipinski definition) is 1. The van der Waals surface area contributed by atoms with Crippen molar-refractivity contribution in [3.63, 3.8) is 0 Å². The van der Waals surface area contributed by atoms with Gasteiger partial charge in [-0.05, 0) is 50.4 Å². The van der Waals surface area contributed by atoms with Crippen LogP contribution in [0.1, 0.15) is 68.2 Å². The minimum Gasteiger partial charge on any atom is -0.309 e. The fourth-order valence-corrected chi connectivity index (χ4v) is 2.87. The van der Waals surface area contributed by atoms with Gasteiger partial charge in [-0.15, -0.1) is 0 Å². The van der Waals surface area contributed by atoms with Gasteiger partial charge in [0.2, 0.25) is 0 Å². The largest absolute Gasteiger partial charge is 0.309 e. The Kier molecular flexibility index (Phi) is 3.52. The van der Waals surface area contributed by atoms with Gasteiger partial charge in [-0.2, -0.15) is 0 Å². The second-order valence-electron chi connectivity index (χ2n) is 8.47. The maximum atomic E-state index is 3.76. The average Bonchev–Trinajstić information content (AvgIpc) is 1.98. The van der Waals surface area contributed by atoms with E-state index >= 15 is 0 Å². The molecule has 0 radical (unpaired) electrons. The van der Waals surface area contributed by atoms with Crippen LogP contribution in [0.4, 0.5) is 0 Å². The molecular formula is C15H31N. The summed E-state index contributed by atoms with van der Waals surface area (Å²) in [6, 6.07) is 0.694. The van der Waals surface area contributed by atoms with Crippen LogP contribution in [0.2, 0.25) is 0 Å². The molecule has 0 aliphatic heterocycles. The van der Waals surface area contributed by atoms with Crippen LogP contribution in [-0.2, 0) is 0 Å². The second kappa shape index (κ2) is 4.01. The molecule has 1 N–H and O–H groups in total. The molecule has 1 saturated carbocycles. The van der Waals surface area contributed by atoms with Gasteiger partial charge in [0.25, 0.3) is 0 Å². The lowest BCUT2D eigenvalue weighted by molar-refractivity contribution is -0.0228. The van der Waals surface area contributed by atoms with E-state index < -0.39 is 0 Å². The van der Waals surface area contributed by atoms with Gasteiger partial charge in [-0.1, -0.05) is 34.6 Å². The SMILES string of the molecule is CC(C)(C)CC1CC(NC(C)(C)C)C1(C)C. The second-order valence-corrected chi connectivity index (χ2v) is 8.47. The summed E-state index contributed by atoms with van der Waals surface area (Å²) in [6.45, 7) is 18.7. The molecule has 0 bridgehead atoms. The summed E-state index contributed by atoms with van der Waals surface area (Å²) in [5, 5.41) is 3.76. The zero-order valence-corrected chi connectivity index (χ0v) is 12.6. The quantitative estimate of drug-likeness (QED) is 0.742. The predicted molar refractivity (Wildman–Crippen MR) is 72.6 cm³/mol. The Morgan fingerprint density at radius 2 is 1.56 bits per heavy atom. The Morgan fingerprint density at radius 1 is 1.06 bits per heavy atom. The van der Waals surface area contributed by atoms with Crippen molar-refractivity contribution in [2.24, 2.45) is 16.7 Å². The molecule has 0 spiro atoms. The molecule has 2 atom stereocenters. The van der Waals surface area contributed by atoms with E-state index in [1.807, 2.05) is 0 Å². The lowest BCUT2D eigenvalue weighted by Gasteiger charge is -2.56. The van der Waals surface area contributed by atoms with E-state index in [9.17, 15) is 0 Å². The zero-order valence-electron chi connectivity index (χ0n) is 12.6. The molecule has 2 unspecified atom stereocenters. The maximum absolute atomic E-state index is 3.76. The monoisotopic (exact) mass is 225 g/mol. The molecule has 16 heavy (non-hydrogen) atoms. The van der Waals surface area contributed by atoms with Crippen LogP contribution in [0.15, 0.2) is 0 Å². The van der Waals surface area contributed by atoms with Crippen molar-refractivity contribution in [3.8, 4) is 0 Å². The predicted octanol–water partition coefficient (Wildman–Crippen LogP) is 4.23. The summed E-state index contributed by atoms with van der Waals surface area (Å²) in [4.78, 5) is 0. The van der Waals surface area contributed by atoms with Crippen molar-refractivity contribution in [2.45, 2.75) is 79.8 Å². The zero-order chi connectivity index (χ0) is 12.8. The van der Waals surface area contributed by atoms with Crippen molar-refractivity contribution in [1.29, 1.82) is 0 Å². The van der Waals surface area contributed by atoms with Gasteiger partial charge in [0.1, 0.15) is 0 Å². The highest BCUT2D eigenvalue weighted by atomic mass is 15.0. The lowest BCUT2D eigenvalue weighted by atomic mass is 9.55. The number of nitrogens with one attached hydrogen (secondary N) is 1. The van der Waals surface area contributed by atoms with Crippen LogP contribution in [-0.4, -0.2) is 11.6 Å². The Morgan fingerprint density at radius 3 is 1.88 bits per heavy atom. The van der Waals surface area contributed by atoms with Gasteiger partial charge in [-0.3, -0.25) is 0 Å². The van der Waals surface area contributed by atoms with Crippen LogP contribution in [0, 0.1) is 16.7 Å². The molecule has 1 heteroatoms. The van der Waals surface area contributed by atoms with Gasteiger partial charge in [-0.25, -0.2) is 0 Å². The van der Waals surface area contributed by atoms with Crippen molar-refractivity contribution in [2.75, 3.05) is 0 Å². The Labute approximate surface area is 102 Å². The van der Waals surface area contributed by atoms with E-state index in [1.54, 1.807) is 0 Å². The van der Waals surface area contributed by atoms with E-state index in [-0.39, 0.29) is 5.54 Å². The summed E-state index contributed by atoms with van der Waals surface area (Å²) in [5.41, 5.74) is 1.17. The van der Waals surface area contributed by atoms with Gasteiger partial charge in [0, 0.05) is 11.6 Å². The van der Waals surface area contributed by atoms with Crippen LogP contribution in [0.5, 0.6) is 0 Å². The van der Waals surface area contributed by atoms with E-state index in [2.05, 4.69) is 60.7 Å². The maximum Gasteiger partial charge on any atom is 0.0129 e. The summed E-state index contributed by atoms with van der Waals surface area (Å²) < 4.78 is 0. The first kappa shape index (κ1) is 14.0. The average molecular weight is 225 g/mol. The van der Waals surface area contributed by atoms with Crippen molar-refractivity contribution in [1.82, 2.24) is 5.32 Å². The summed E-state index contributed by atoms with van der Waals surface area (Å²) in [6.07, 6.45) is 2.70. The molecule has 96 valence electrons. The fourth-order valence-electron chi connectivity index (χ4n) is 2.87. The van der Waals surface area contributed by atoms with Gasteiger partial charge in [0.05, 0.1) is 0 Å². The Hall–Kier alpha value is -0.0400. The van der Waals surface area contributed by atoms with Gasteiger partial charge in [0.15, 0.2) is 0 Å². The smallest absolute Gasteiger partial charge is 0.0129 e. The molecule has 0 aromatic carbocycles.